The van der Waals surface area contributed by atoms with Gasteiger partial charge in [-0.25, -0.2) is 4.89 Å². The molecule has 0 radical (unpaired) electrons. The Labute approximate surface area is 139 Å². The highest BCUT2D eigenvalue weighted by atomic mass is 19.4. The number of hydrogen-bond acceptors (Lipinski definition) is 4. The Hall–Kier alpha value is -2.84. The summed E-state index contributed by atoms with van der Waals surface area (Å²) in [6, 6.07) is 11.7. The van der Waals surface area contributed by atoms with Crippen LogP contribution in [0.3, 0.4) is 0 Å². The van der Waals surface area contributed by atoms with Crippen molar-refractivity contribution in [3.05, 3.63) is 65.9 Å². The number of ether oxygens (including phenoxy) is 1. The Morgan fingerprint density at radius 2 is 1.76 bits per heavy atom. The van der Waals surface area contributed by atoms with E-state index in [1.54, 1.807) is 24.3 Å². The van der Waals surface area contributed by atoms with Crippen LogP contribution in [0.1, 0.15) is 15.9 Å². The summed E-state index contributed by atoms with van der Waals surface area (Å²) in [6.45, 7) is -0.0981. The van der Waals surface area contributed by atoms with E-state index in [0.717, 1.165) is 17.5 Å². The molecule has 0 fully saturated rings. The molecule has 0 saturated heterocycles. The Balaban J connectivity index is 1.94. The molecule has 1 heterocycles. The summed E-state index contributed by atoms with van der Waals surface area (Å²) < 4.78 is 41.7. The van der Waals surface area contributed by atoms with Gasteiger partial charge in [0.2, 0.25) is 0 Å². The van der Waals surface area contributed by atoms with Crippen LogP contribution in [0.5, 0.6) is 5.75 Å². The first kappa shape index (κ1) is 17.0. The number of fused-ring (bicyclic) bond motifs is 1. The minimum Gasteiger partial charge on any atom is -0.406 e. The number of rotatable bonds is 4. The van der Waals surface area contributed by atoms with E-state index in [0.29, 0.717) is 11.1 Å². The SMILES string of the molecule is O=C(c1ccc(OC(F)(F)F)cc1)n1cc(COO)c2ccccc21. The lowest BCUT2D eigenvalue weighted by Crippen LogP contribution is -2.17. The Morgan fingerprint density at radius 3 is 2.40 bits per heavy atom. The van der Waals surface area contributed by atoms with Crippen molar-refractivity contribution in [1.29, 1.82) is 0 Å². The Morgan fingerprint density at radius 1 is 1.08 bits per heavy atom. The highest BCUT2D eigenvalue weighted by Gasteiger charge is 2.31. The Bertz CT molecular complexity index is 900. The number of nitrogens with zero attached hydrogens (tertiary/aromatic N) is 1. The van der Waals surface area contributed by atoms with E-state index in [4.69, 9.17) is 5.26 Å². The number of hydrogen-bond donors (Lipinski definition) is 1. The number of halogens is 3. The van der Waals surface area contributed by atoms with E-state index in [1.807, 2.05) is 0 Å². The lowest BCUT2D eigenvalue weighted by atomic mass is 10.2. The van der Waals surface area contributed by atoms with Gasteiger partial charge in [-0.3, -0.25) is 14.6 Å². The first-order chi connectivity index (χ1) is 11.9. The second kappa shape index (κ2) is 6.58. The minimum atomic E-state index is -4.79. The first-order valence-electron chi connectivity index (χ1n) is 7.15. The molecule has 0 atom stereocenters. The van der Waals surface area contributed by atoms with E-state index in [2.05, 4.69) is 9.62 Å². The van der Waals surface area contributed by atoms with Crippen LogP contribution in [0.25, 0.3) is 10.9 Å². The maximum Gasteiger partial charge on any atom is 0.573 e. The molecule has 1 N–H and O–H groups in total. The van der Waals surface area contributed by atoms with E-state index < -0.39 is 18.0 Å². The van der Waals surface area contributed by atoms with Gasteiger partial charge in [-0.1, -0.05) is 18.2 Å². The summed E-state index contributed by atoms with van der Waals surface area (Å²) >= 11 is 0. The van der Waals surface area contributed by atoms with Gasteiger partial charge in [0, 0.05) is 22.7 Å². The molecule has 0 unspecified atom stereocenters. The molecular weight excluding hydrogens is 339 g/mol. The number of para-hydroxylation sites is 1. The number of alkyl halides is 3. The van der Waals surface area contributed by atoms with Crippen LogP contribution in [-0.2, 0) is 11.5 Å². The molecule has 0 bridgehead atoms. The van der Waals surface area contributed by atoms with Crippen molar-refractivity contribution in [1.82, 2.24) is 4.57 Å². The third kappa shape index (κ3) is 3.65. The number of carbonyl (C=O) groups excluding carboxylic acids is 1. The smallest absolute Gasteiger partial charge is 0.406 e. The minimum absolute atomic E-state index is 0.0981. The van der Waals surface area contributed by atoms with Crippen molar-refractivity contribution in [2.75, 3.05) is 0 Å². The molecule has 0 aliphatic rings. The fourth-order valence-corrected chi connectivity index (χ4v) is 2.54. The van der Waals surface area contributed by atoms with Crippen LogP contribution in [0.4, 0.5) is 13.2 Å². The largest absolute Gasteiger partial charge is 0.573 e. The van der Waals surface area contributed by atoms with E-state index in [1.165, 1.54) is 22.9 Å². The Kier molecular flexibility index (Phi) is 4.47. The van der Waals surface area contributed by atoms with Gasteiger partial charge in [-0.05, 0) is 30.3 Å². The fourth-order valence-electron chi connectivity index (χ4n) is 2.54. The van der Waals surface area contributed by atoms with Crippen molar-refractivity contribution < 1.29 is 32.8 Å². The zero-order valence-electron chi connectivity index (χ0n) is 12.7. The van der Waals surface area contributed by atoms with Gasteiger partial charge in [-0.15, -0.1) is 13.2 Å². The van der Waals surface area contributed by atoms with Crippen molar-refractivity contribution >= 4 is 16.8 Å². The second-order valence-corrected chi connectivity index (χ2v) is 5.19. The highest BCUT2D eigenvalue weighted by Crippen LogP contribution is 2.25. The molecule has 3 aromatic rings. The molecule has 0 saturated carbocycles. The monoisotopic (exact) mass is 351 g/mol. The van der Waals surface area contributed by atoms with Gasteiger partial charge in [0.05, 0.1) is 5.52 Å². The molecule has 5 nitrogen and oxygen atoms in total. The van der Waals surface area contributed by atoms with Crippen molar-refractivity contribution in [3.63, 3.8) is 0 Å². The van der Waals surface area contributed by atoms with Gasteiger partial charge >= 0.3 is 6.36 Å². The molecule has 0 aliphatic heterocycles. The van der Waals surface area contributed by atoms with Crippen LogP contribution in [0.15, 0.2) is 54.7 Å². The lowest BCUT2D eigenvalue weighted by molar-refractivity contribution is -0.274. The number of aromatic nitrogens is 1. The topological polar surface area (TPSA) is 60.7 Å². The first-order valence-corrected chi connectivity index (χ1v) is 7.15. The predicted molar refractivity (Wildman–Crippen MR) is 82.2 cm³/mol. The normalized spacial score (nSPS) is 11.7. The van der Waals surface area contributed by atoms with E-state index in [-0.39, 0.29) is 12.2 Å². The summed E-state index contributed by atoms with van der Waals surface area (Å²) in [7, 11) is 0. The summed E-state index contributed by atoms with van der Waals surface area (Å²) in [5, 5.41) is 9.39. The number of carbonyl (C=O) groups is 1. The lowest BCUT2D eigenvalue weighted by Gasteiger charge is -2.09. The maximum absolute atomic E-state index is 12.7. The molecule has 0 amide bonds. The summed E-state index contributed by atoms with van der Waals surface area (Å²) in [5.41, 5.74) is 1.38. The van der Waals surface area contributed by atoms with Crippen LogP contribution in [-0.4, -0.2) is 22.1 Å². The van der Waals surface area contributed by atoms with Crippen molar-refractivity contribution in [2.24, 2.45) is 0 Å². The van der Waals surface area contributed by atoms with E-state index >= 15 is 0 Å². The summed E-state index contributed by atoms with van der Waals surface area (Å²) in [5.74, 6) is -0.838. The van der Waals surface area contributed by atoms with Gasteiger partial charge in [0.25, 0.3) is 5.91 Å². The summed E-state index contributed by atoms with van der Waals surface area (Å²) in [6.07, 6.45) is -3.27. The number of benzene rings is 2. The molecule has 0 spiro atoms. The molecule has 8 heteroatoms. The van der Waals surface area contributed by atoms with Crippen LogP contribution >= 0.6 is 0 Å². The van der Waals surface area contributed by atoms with Gasteiger partial charge in [0.15, 0.2) is 0 Å². The molecule has 1 aromatic heterocycles. The van der Waals surface area contributed by atoms with Crippen LogP contribution < -0.4 is 4.74 Å². The average molecular weight is 351 g/mol. The zero-order valence-corrected chi connectivity index (χ0v) is 12.7. The zero-order chi connectivity index (χ0) is 18.0. The molecule has 25 heavy (non-hydrogen) atoms. The fraction of sp³-hybridized carbons (Fsp3) is 0.118. The molecule has 2 aromatic carbocycles. The predicted octanol–water partition coefficient (Wildman–Crippen LogP) is 4.22. The average Bonchev–Trinajstić information content (AvgIpc) is 2.93. The second-order valence-electron chi connectivity index (χ2n) is 5.19. The molecule has 130 valence electrons. The van der Waals surface area contributed by atoms with Gasteiger partial charge < -0.3 is 4.74 Å². The highest BCUT2D eigenvalue weighted by molar-refractivity contribution is 6.03. The third-order valence-electron chi connectivity index (χ3n) is 3.57. The van der Waals surface area contributed by atoms with Crippen molar-refractivity contribution in [3.8, 4) is 5.75 Å². The van der Waals surface area contributed by atoms with Gasteiger partial charge in [-0.2, -0.15) is 0 Å². The van der Waals surface area contributed by atoms with E-state index in [9.17, 15) is 18.0 Å². The van der Waals surface area contributed by atoms with Crippen LogP contribution in [0.2, 0.25) is 0 Å². The van der Waals surface area contributed by atoms with Crippen LogP contribution in [0, 0.1) is 0 Å². The van der Waals surface area contributed by atoms with Gasteiger partial charge in [0.1, 0.15) is 12.4 Å². The molecule has 0 aliphatic carbocycles. The van der Waals surface area contributed by atoms with Crippen molar-refractivity contribution in [2.45, 2.75) is 13.0 Å². The maximum atomic E-state index is 12.7. The molecule has 3 rings (SSSR count). The molecular formula is C17H12F3NO4. The third-order valence-corrected chi connectivity index (χ3v) is 3.57. The summed E-state index contributed by atoms with van der Waals surface area (Å²) in [4.78, 5) is 16.8. The standard InChI is InChI=1S/C17H12F3NO4/c18-17(19,20)25-13-7-5-11(6-8-13)16(22)21-9-12(10-24-23)14-3-1-2-4-15(14)21/h1-9,23H,10H2. The quantitative estimate of drug-likeness (QED) is 0.565.